The second kappa shape index (κ2) is 8.15. The fourth-order valence-electron chi connectivity index (χ4n) is 4.80. The monoisotopic (exact) mass is 339 g/mol. The van der Waals surface area contributed by atoms with Crippen molar-refractivity contribution in [3.05, 3.63) is 0 Å². The summed E-state index contributed by atoms with van der Waals surface area (Å²) in [5.74, 6) is 0.811. The van der Waals surface area contributed by atoms with Crippen LogP contribution in [0.15, 0.2) is 0 Å². The topological polar surface area (TPSA) is 70.0 Å². The molecule has 0 aromatic heterocycles. The van der Waals surface area contributed by atoms with Gasteiger partial charge in [0.25, 0.3) is 0 Å². The van der Waals surface area contributed by atoms with Gasteiger partial charge >= 0.3 is 0 Å². The lowest BCUT2D eigenvalue weighted by atomic mass is 9.80. The van der Waals surface area contributed by atoms with Crippen molar-refractivity contribution in [1.82, 2.24) is 4.90 Å². The summed E-state index contributed by atoms with van der Waals surface area (Å²) in [5.41, 5.74) is 0. The lowest BCUT2D eigenvalue weighted by Gasteiger charge is -2.39. The third-order valence-corrected chi connectivity index (χ3v) is 6.13. The number of nitrogens with zero attached hydrogens (tertiary/aromatic N) is 1. The van der Waals surface area contributed by atoms with E-state index in [4.69, 9.17) is 4.74 Å². The van der Waals surface area contributed by atoms with E-state index in [1.807, 2.05) is 4.90 Å². The molecule has 5 heteroatoms. The zero-order valence-electron chi connectivity index (χ0n) is 14.9. The lowest BCUT2D eigenvalue weighted by Crippen LogP contribution is -2.52. The summed E-state index contributed by atoms with van der Waals surface area (Å²) in [6, 6.07) is 0. The fraction of sp³-hybridized carbons (Fsp3) is 0.947. The number of aliphatic hydroxyl groups excluding tert-OH is 2. The highest BCUT2D eigenvalue weighted by molar-refractivity contribution is 5.80. The van der Waals surface area contributed by atoms with Crippen LogP contribution in [0.4, 0.5) is 0 Å². The molecule has 2 saturated carbocycles. The Morgan fingerprint density at radius 1 is 1.08 bits per heavy atom. The van der Waals surface area contributed by atoms with E-state index in [0.29, 0.717) is 18.9 Å². The van der Waals surface area contributed by atoms with Crippen LogP contribution in [0.1, 0.15) is 58.3 Å². The Labute approximate surface area is 145 Å². The first-order chi connectivity index (χ1) is 11.5. The number of carbonyl (C=O) groups is 1. The molecule has 0 radical (unpaired) electrons. The van der Waals surface area contributed by atoms with Crippen molar-refractivity contribution >= 4 is 5.91 Å². The van der Waals surface area contributed by atoms with Gasteiger partial charge in [-0.2, -0.15) is 0 Å². The van der Waals surface area contributed by atoms with Crippen LogP contribution in [0.2, 0.25) is 0 Å². The largest absolute Gasteiger partial charge is 0.393 e. The molecule has 1 saturated heterocycles. The normalized spacial score (nSPS) is 40.7. The van der Waals surface area contributed by atoms with E-state index >= 15 is 0 Å². The molecule has 0 aromatic rings. The van der Waals surface area contributed by atoms with Gasteiger partial charge in [-0.15, -0.1) is 0 Å². The second-order valence-corrected chi connectivity index (χ2v) is 8.26. The van der Waals surface area contributed by atoms with Crippen molar-refractivity contribution in [3.63, 3.8) is 0 Å². The molecule has 138 valence electrons. The minimum Gasteiger partial charge on any atom is -0.393 e. The first-order valence-corrected chi connectivity index (χ1v) is 9.81. The van der Waals surface area contributed by atoms with Crippen LogP contribution in [-0.2, 0) is 9.53 Å². The van der Waals surface area contributed by atoms with E-state index in [9.17, 15) is 15.0 Å². The highest BCUT2D eigenvalue weighted by Crippen LogP contribution is 2.33. The third-order valence-electron chi connectivity index (χ3n) is 6.13. The highest BCUT2D eigenvalue weighted by Gasteiger charge is 2.44. The van der Waals surface area contributed by atoms with E-state index in [-0.39, 0.29) is 18.4 Å². The standard InChI is InChI=1S/C19H33NO4/c1-13-5-4-6-14(9-13)12-24-17-11-15(21)10-16(22)18(17)19(23)20-7-2-3-8-20/h13-18,21-22H,2-12H2,1H3. The molecule has 1 aliphatic heterocycles. The molecular formula is C19H33NO4. The van der Waals surface area contributed by atoms with Crippen molar-refractivity contribution in [1.29, 1.82) is 0 Å². The first kappa shape index (κ1) is 18.2. The summed E-state index contributed by atoms with van der Waals surface area (Å²) >= 11 is 0. The van der Waals surface area contributed by atoms with Gasteiger partial charge in [-0.05, 0) is 37.5 Å². The summed E-state index contributed by atoms with van der Waals surface area (Å²) in [7, 11) is 0. The van der Waals surface area contributed by atoms with Crippen LogP contribution in [0, 0.1) is 17.8 Å². The quantitative estimate of drug-likeness (QED) is 0.821. The van der Waals surface area contributed by atoms with E-state index in [1.54, 1.807) is 0 Å². The van der Waals surface area contributed by atoms with Crippen LogP contribution < -0.4 is 0 Å². The molecule has 0 spiro atoms. The van der Waals surface area contributed by atoms with Crippen molar-refractivity contribution in [2.75, 3.05) is 19.7 Å². The molecular weight excluding hydrogens is 306 g/mol. The molecule has 2 N–H and O–H groups in total. The summed E-state index contributed by atoms with van der Waals surface area (Å²) < 4.78 is 6.14. The maximum absolute atomic E-state index is 12.8. The van der Waals surface area contributed by atoms with E-state index in [2.05, 4.69) is 6.92 Å². The Hall–Kier alpha value is -0.650. The number of amides is 1. The summed E-state index contributed by atoms with van der Waals surface area (Å²) in [5, 5.41) is 20.5. The molecule has 24 heavy (non-hydrogen) atoms. The number of rotatable bonds is 4. The van der Waals surface area contributed by atoms with Crippen LogP contribution >= 0.6 is 0 Å². The maximum Gasteiger partial charge on any atom is 0.230 e. The van der Waals surface area contributed by atoms with Crippen LogP contribution in [0.3, 0.4) is 0 Å². The molecule has 3 rings (SSSR count). The summed E-state index contributed by atoms with van der Waals surface area (Å²) in [4.78, 5) is 14.7. The molecule has 3 aliphatic rings. The molecule has 0 bridgehead atoms. The van der Waals surface area contributed by atoms with Crippen molar-refractivity contribution in [3.8, 4) is 0 Å². The SMILES string of the molecule is CC1CCCC(COC2CC(O)CC(O)C2C(=O)N2CCCC2)C1. The zero-order valence-corrected chi connectivity index (χ0v) is 14.9. The second-order valence-electron chi connectivity index (χ2n) is 8.26. The Balaban J connectivity index is 1.61. The van der Waals surface area contributed by atoms with E-state index in [0.717, 1.165) is 31.8 Å². The maximum atomic E-state index is 12.8. The van der Waals surface area contributed by atoms with Gasteiger partial charge in [0.2, 0.25) is 5.91 Å². The van der Waals surface area contributed by atoms with Gasteiger partial charge in [-0.25, -0.2) is 0 Å². The Morgan fingerprint density at radius 2 is 1.83 bits per heavy atom. The van der Waals surface area contributed by atoms with Crippen molar-refractivity contribution in [2.24, 2.45) is 17.8 Å². The van der Waals surface area contributed by atoms with E-state index < -0.39 is 18.1 Å². The molecule has 1 heterocycles. The zero-order chi connectivity index (χ0) is 17.1. The van der Waals surface area contributed by atoms with Gasteiger partial charge < -0.3 is 19.8 Å². The third kappa shape index (κ3) is 4.30. The van der Waals surface area contributed by atoms with Crippen molar-refractivity contribution < 1.29 is 19.7 Å². The molecule has 6 atom stereocenters. The van der Waals surface area contributed by atoms with Crippen LogP contribution in [0.5, 0.6) is 0 Å². The average Bonchev–Trinajstić information content (AvgIpc) is 3.06. The van der Waals surface area contributed by atoms with Gasteiger partial charge in [0, 0.05) is 32.5 Å². The van der Waals surface area contributed by atoms with Gasteiger partial charge in [0.05, 0.1) is 24.2 Å². The molecule has 6 unspecified atom stereocenters. The minimum absolute atomic E-state index is 0.0221. The molecule has 3 fully saturated rings. The minimum atomic E-state index is -0.794. The number of carbonyl (C=O) groups excluding carboxylic acids is 1. The van der Waals surface area contributed by atoms with E-state index in [1.165, 1.54) is 25.7 Å². The Kier molecular flexibility index (Phi) is 6.17. The predicted octanol–water partition coefficient (Wildman–Crippen LogP) is 1.95. The fourth-order valence-corrected chi connectivity index (χ4v) is 4.80. The summed E-state index contributed by atoms with van der Waals surface area (Å²) in [6.07, 6.45) is 6.04. The Morgan fingerprint density at radius 3 is 2.54 bits per heavy atom. The van der Waals surface area contributed by atoms with Gasteiger partial charge in [-0.1, -0.05) is 19.8 Å². The smallest absolute Gasteiger partial charge is 0.230 e. The highest BCUT2D eigenvalue weighted by atomic mass is 16.5. The number of hydrogen-bond donors (Lipinski definition) is 2. The van der Waals surface area contributed by atoms with Crippen LogP contribution in [0.25, 0.3) is 0 Å². The van der Waals surface area contributed by atoms with Crippen LogP contribution in [-0.4, -0.2) is 59.0 Å². The molecule has 1 amide bonds. The molecule has 5 nitrogen and oxygen atoms in total. The number of likely N-dealkylation sites (tertiary alicyclic amines) is 1. The van der Waals surface area contributed by atoms with Gasteiger partial charge in [0.15, 0.2) is 0 Å². The Bertz CT molecular complexity index is 424. The number of aliphatic hydroxyl groups is 2. The summed E-state index contributed by atoms with van der Waals surface area (Å²) in [6.45, 7) is 4.52. The predicted molar refractivity (Wildman–Crippen MR) is 91.4 cm³/mol. The van der Waals surface area contributed by atoms with Gasteiger partial charge in [-0.3, -0.25) is 4.79 Å². The lowest BCUT2D eigenvalue weighted by molar-refractivity contribution is -0.158. The number of hydrogen-bond acceptors (Lipinski definition) is 4. The van der Waals surface area contributed by atoms with Gasteiger partial charge in [0.1, 0.15) is 0 Å². The first-order valence-electron chi connectivity index (χ1n) is 9.81. The number of ether oxygens (including phenoxy) is 1. The molecule has 0 aromatic carbocycles. The van der Waals surface area contributed by atoms with Crippen molar-refractivity contribution in [2.45, 2.75) is 76.6 Å². The average molecular weight is 339 g/mol. The molecule has 2 aliphatic carbocycles.